The molecule has 0 amide bonds. The van der Waals surface area contributed by atoms with Crippen molar-refractivity contribution in [1.29, 1.82) is 0 Å². The molecule has 2 aromatic heterocycles. The Morgan fingerprint density at radius 1 is 1.21 bits per heavy atom. The van der Waals surface area contributed by atoms with E-state index in [1.165, 1.54) is 5.19 Å². The summed E-state index contributed by atoms with van der Waals surface area (Å²) in [6.07, 6.45) is 0.623. The van der Waals surface area contributed by atoms with Crippen molar-refractivity contribution in [1.82, 2.24) is 9.55 Å². The fourth-order valence-corrected chi connectivity index (χ4v) is 10.4. The van der Waals surface area contributed by atoms with Gasteiger partial charge in [0.2, 0.25) is 5.60 Å². The maximum Gasteiger partial charge on any atom is 0.355 e. The van der Waals surface area contributed by atoms with E-state index in [2.05, 4.69) is 40.8 Å². The van der Waals surface area contributed by atoms with Gasteiger partial charge in [0.1, 0.15) is 6.61 Å². The van der Waals surface area contributed by atoms with Gasteiger partial charge in [0, 0.05) is 23.1 Å². The average molecular weight is 591 g/mol. The van der Waals surface area contributed by atoms with Gasteiger partial charge in [-0.1, -0.05) is 47.7 Å². The molecule has 0 saturated heterocycles. The number of aromatic nitrogens is 2. The van der Waals surface area contributed by atoms with Crippen molar-refractivity contribution < 1.29 is 19.1 Å². The molecule has 10 heteroatoms. The zero-order valence-corrected chi connectivity index (χ0v) is 26.7. The van der Waals surface area contributed by atoms with E-state index < -0.39 is 25.6 Å². The topological polar surface area (TPSA) is 140 Å². The van der Waals surface area contributed by atoms with E-state index in [1.54, 1.807) is 11.5 Å². The number of nitrogens with zero attached hydrogens (tertiary/aromatic N) is 2. The molecule has 3 aromatic rings. The van der Waals surface area contributed by atoms with E-state index in [9.17, 15) is 14.4 Å². The highest BCUT2D eigenvalue weighted by Gasteiger charge is 2.51. The van der Waals surface area contributed by atoms with Crippen LogP contribution in [0.25, 0.3) is 22.3 Å². The highest BCUT2D eigenvalue weighted by molar-refractivity contribution is 6.94. The summed E-state index contributed by atoms with van der Waals surface area (Å²) in [7, 11) is -2.25. The molecule has 0 bridgehead atoms. The van der Waals surface area contributed by atoms with Crippen LogP contribution in [0.1, 0.15) is 70.6 Å². The number of hydrogen-bond acceptors (Lipinski definition) is 8. The summed E-state index contributed by atoms with van der Waals surface area (Å²) < 4.78 is 13.1. The van der Waals surface area contributed by atoms with Crippen LogP contribution < -0.4 is 22.2 Å². The molecule has 0 unspecified atom stereocenters. The van der Waals surface area contributed by atoms with Crippen molar-refractivity contribution >= 4 is 41.8 Å². The Morgan fingerprint density at radius 2 is 1.93 bits per heavy atom. The van der Waals surface area contributed by atoms with Crippen molar-refractivity contribution in [3.63, 3.8) is 0 Å². The van der Waals surface area contributed by atoms with Gasteiger partial charge in [0.25, 0.3) is 5.56 Å². The van der Waals surface area contributed by atoms with Crippen LogP contribution in [0.5, 0.6) is 0 Å². The zero-order valence-electron chi connectivity index (χ0n) is 25.7. The lowest BCUT2D eigenvalue weighted by Crippen LogP contribution is -2.54. The lowest BCUT2D eigenvalue weighted by Gasteiger charge is -2.45. The van der Waals surface area contributed by atoms with Crippen LogP contribution >= 0.6 is 0 Å². The van der Waals surface area contributed by atoms with E-state index in [0.29, 0.717) is 47.9 Å². The molecular weight excluding hydrogens is 548 g/mol. The molecule has 0 spiro atoms. The minimum Gasteiger partial charge on any atom is -0.457 e. The van der Waals surface area contributed by atoms with Crippen LogP contribution in [0, 0.1) is 5.92 Å². The number of nitrogens with two attached hydrogens (primary N) is 2. The lowest BCUT2D eigenvalue weighted by molar-refractivity contribution is -0.189. The first-order chi connectivity index (χ1) is 19.7. The minimum absolute atomic E-state index is 0.00792. The summed E-state index contributed by atoms with van der Waals surface area (Å²) >= 11 is 0. The highest BCUT2D eigenvalue weighted by Crippen LogP contribution is 2.47. The predicted octanol–water partition coefficient (Wildman–Crippen LogP) is 4.30. The van der Waals surface area contributed by atoms with Gasteiger partial charge >= 0.3 is 11.9 Å². The van der Waals surface area contributed by atoms with E-state index in [1.807, 2.05) is 24.3 Å². The van der Waals surface area contributed by atoms with E-state index in [-0.39, 0.29) is 30.0 Å². The SMILES string of the molecule is CC[C@@]1(OC(=O)CCCN)C(=O)OCc2c1cc1n(c2=O)Cc2c-1nc1ccc(N)cc1c2[Si](C)(C)C(C)(C)C(C)C. The van der Waals surface area contributed by atoms with Gasteiger partial charge in [0.15, 0.2) is 0 Å². The Balaban J connectivity index is 1.80. The molecule has 0 fully saturated rings. The monoisotopic (exact) mass is 590 g/mol. The highest BCUT2D eigenvalue weighted by atomic mass is 28.3. The van der Waals surface area contributed by atoms with Crippen molar-refractivity contribution in [3.05, 3.63) is 51.3 Å². The van der Waals surface area contributed by atoms with Gasteiger partial charge in [0.05, 0.1) is 37.1 Å². The number of cyclic esters (lactones) is 1. The summed E-state index contributed by atoms with van der Waals surface area (Å²) in [4.78, 5) is 45.3. The Kier molecular flexibility index (Phi) is 7.38. The third-order valence-electron chi connectivity index (χ3n) is 10.2. The molecule has 0 radical (unpaired) electrons. The Morgan fingerprint density at radius 3 is 2.57 bits per heavy atom. The van der Waals surface area contributed by atoms with Crippen LogP contribution in [0.2, 0.25) is 18.1 Å². The number of carbonyl (C=O) groups is 2. The number of fused-ring (bicyclic) bond motifs is 5. The van der Waals surface area contributed by atoms with Crippen LogP contribution in [0.4, 0.5) is 5.69 Å². The summed E-state index contributed by atoms with van der Waals surface area (Å²) in [6.45, 7) is 16.2. The Hall–Kier alpha value is -3.50. The maximum atomic E-state index is 14.1. The van der Waals surface area contributed by atoms with Crippen LogP contribution in [-0.4, -0.2) is 36.1 Å². The normalized spacial score (nSPS) is 18.1. The fourth-order valence-electron chi connectivity index (χ4n) is 6.50. The smallest absolute Gasteiger partial charge is 0.355 e. The van der Waals surface area contributed by atoms with Gasteiger partial charge in [-0.25, -0.2) is 9.78 Å². The Labute approximate surface area is 247 Å². The second-order valence-corrected chi connectivity index (χ2v) is 18.1. The molecule has 4 N–H and O–H groups in total. The third kappa shape index (κ3) is 4.29. The fraction of sp³-hybridized carbons (Fsp3) is 0.500. The standard InChI is InChI=1S/C32H42N4O5Si/c1-8-32(41-26(37)10-9-13-33)23-15-25-27-21(16-36(25)29(38)22(23)17-40-30(32)39)28(42(6,7)31(4,5)18(2)3)20-14-19(34)11-12-24(20)35-27/h11-12,14-15,18H,8-10,13,16-17,33-34H2,1-7H3/t32-/m0/s1. The number of ether oxygens (including phenoxy) is 2. The molecule has 0 aliphatic carbocycles. The zero-order chi connectivity index (χ0) is 30.8. The number of nitrogen functional groups attached to an aromatic ring is 1. The molecule has 224 valence electrons. The molecule has 0 saturated carbocycles. The van der Waals surface area contributed by atoms with E-state index in [4.69, 9.17) is 25.9 Å². The first-order valence-electron chi connectivity index (χ1n) is 14.8. The number of carbonyl (C=O) groups excluding carboxylic acids is 2. The first-order valence-corrected chi connectivity index (χ1v) is 17.8. The third-order valence-corrected chi connectivity index (χ3v) is 15.9. The molecule has 4 heterocycles. The quantitative estimate of drug-likeness (QED) is 0.176. The average Bonchev–Trinajstić information content (AvgIpc) is 3.30. The molecule has 42 heavy (non-hydrogen) atoms. The molecule has 1 aromatic carbocycles. The number of benzene rings is 1. The van der Waals surface area contributed by atoms with Crippen molar-refractivity contribution in [2.75, 3.05) is 12.3 Å². The summed E-state index contributed by atoms with van der Waals surface area (Å²) in [5.41, 5.74) is 14.5. The van der Waals surface area contributed by atoms with E-state index in [0.717, 1.165) is 22.2 Å². The minimum atomic E-state index is -2.25. The second-order valence-electron chi connectivity index (χ2n) is 13.0. The molecule has 2 aliphatic heterocycles. The van der Waals surface area contributed by atoms with Gasteiger partial charge in [-0.2, -0.15) is 0 Å². The number of hydrogen-bond donors (Lipinski definition) is 2. The number of esters is 2. The summed E-state index contributed by atoms with van der Waals surface area (Å²) in [6, 6.07) is 7.62. The molecule has 2 aliphatic rings. The van der Waals surface area contributed by atoms with Crippen LogP contribution in [0.3, 0.4) is 0 Å². The van der Waals surface area contributed by atoms with E-state index >= 15 is 0 Å². The van der Waals surface area contributed by atoms with Gasteiger partial charge in [-0.15, -0.1) is 0 Å². The van der Waals surface area contributed by atoms with Gasteiger partial charge in [-0.05, 0) is 65.4 Å². The molecule has 1 atom stereocenters. The predicted molar refractivity (Wildman–Crippen MR) is 167 cm³/mol. The molecular formula is C32H42N4O5Si. The maximum absolute atomic E-state index is 14.1. The van der Waals surface area contributed by atoms with Crippen molar-refractivity contribution in [3.8, 4) is 11.4 Å². The lowest BCUT2D eigenvalue weighted by atomic mass is 9.85. The number of anilines is 1. The van der Waals surface area contributed by atoms with Gasteiger partial charge in [-0.3, -0.25) is 9.59 Å². The Bertz CT molecular complexity index is 1680. The van der Waals surface area contributed by atoms with Crippen LogP contribution in [-0.2, 0) is 37.8 Å². The second kappa shape index (κ2) is 10.3. The van der Waals surface area contributed by atoms with Crippen LogP contribution in [0.15, 0.2) is 29.1 Å². The summed E-state index contributed by atoms with van der Waals surface area (Å²) in [5, 5.41) is 2.28. The number of pyridine rings is 2. The first kappa shape index (κ1) is 30.0. The molecule has 5 rings (SSSR count). The summed E-state index contributed by atoms with van der Waals surface area (Å²) in [5.74, 6) is -0.808. The van der Waals surface area contributed by atoms with Crippen molar-refractivity contribution in [2.45, 2.75) is 90.8 Å². The largest absolute Gasteiger partial charge is 0.457 e. The number of rotatable bonds is 8. The van der Waals surface area contributed by atoms with Crippen molar-refractivity contribution in [2.24, 2.45) is 11.7 Å². The molecule has 9 nitrogen and oxygen atoms in total. The van der Waals surface area contributed by atoms with Gasteiger partial charge < -0.3 is 25.5 Å².